The highest BCUT2D eigenvalue weighted by Crippen LogP contribution is 2.36. The van der Waals surface area contributed by atoms with Gasteiger partial charge in [0.15, 0.2) is 0 Å². The molecule has 0 nitrogen and oxygen atoms in total. The second-order valence-corrected chi connectivity index (χ2v) is 7.08. The minimum Gasteiger partial charge on any atom is -0.0610 e. The van der Waals surface area contributed by atoms with Gasteiger partial charge in [0.05, 0.1) is 0 Å². The maximum Gasteiger partial charge on any atom is 0.0253 e. The number of hydrogen-bond donors (Lipinski definition) is 0. The zero-order chi connectivity index (χ0) is 15.1. The molecule has 0 N–H and O–H groups in total. The van der Waals surface area contributed by atoms with Crippen LogP contribution in [-0.2, 0) is 0 Å². The van der Waals surface area contributed by atoms with Gasteiger partial charge in [-0.3, -0.25) is 0 Å². The molecule has 4 aromatic rings. The van der Waals surface area contributed by atoms with Gasteiger partial charge in [-0.05, 0) is 50.9 Å². The molecule has 0 heterocycles. The predicted molar refractivity (Wildman–Crippen MR) is 102 cm³/mol. The fourth-order valence-electron chi connectivity index (χ4n) is 3.00. The van der Waals surface area contributed by atoms with E-state index in [2.05, 4.69) is 105 Å². The molecule has 0 aliphatic rings. The molecule has 0 aliphatic heterocycles. The van der Waals surface area contributed by atoms with Gasteiger partial charge in [0.25, 0.3) is 0 Å². The monoisotopic (exact) mass is 410 g/mol. The summed E-state index contributed by atoms with van der Waals surface area (Å²) in [4.78, 5) is 0. The molecule has 0 atom stereocenters. The summed E-state index contributed by atoms with van der Waals surface area (Å²) in [5.74, 6) is 0. The smallest absolute Gasteiger partial charge is 0.0253 e. The van der Waals surface area contributed by atoms with Crippen LogP contribution in [-0.4, -0.2) is 0 Å². The topological polar surface area (TPSA) is 0 Å². The van der Waals surface area contributed by atoms with E-state index < -0.39 is 0 Å². The van der Waals surface area contributed by atoms with E-state index in [-0.39, 0.29) is 0 Å². The van der Waals surface area contributed by atoms with E-state index in [9.17, 15) is 0 Å². The highest BCUT2D eigenvalue weighted by molar-refractivity contribution is 9.11. The highest BCUT2D eigenvalue weighted by atomic mass is 79.9. The minimum atomic E-state index is 1.11. The van der Waals surface area contributed by atoms with Crippen LogP contribution in [0.4, 0.5) is 0 Å². The molecule has 106 valence electrons. The highest BCUT2D eigenvalue weighted by Gasteiger charge is 2.08. The van der Waals surface area contributed by atoms with Gasteiger partial charge in [-0.15, -0.1) is 0 Å². The summed E-state index contributed by atoms with van der Waals surface area (Å²) in [5, 5.41) is 5.04. The van der Waals surface area contributed by atoms with Crippen molar-refractivity contribution in [2.24, 2.45) is 0 Å². The molecule has 0 fully saturated rings. The van der Waals surface area contributed by atoms with Crippen molar-refractivity contribution in [2.45, 2.75) is 0 Å². The van der Waals surface area contributed by atoms with Crippen LogP contribution in [0.1, 0.15) is 0 Å². The van der Waals surface area contributed by atoms with Gasteiger partial charge in [-0.25, -0.2) is 0 Å². The van der Waals surface area contributed by atoms with Crippen molar-refractivity contribution in [3.05, 3.63) is 81.7 Å². The summed E-state index contributed by atoms with van der Waals surface area (Å²) in [5.41, 5.74) is 2.54. The number of fused-ring (bicyclic) bond motifs is 2. The summed E-state index contributed by atoms with van der Waals surface area (Å²) >= 11 is 7.21. The fraction of sp³-hybridized carbons (Fsp3) is 0. The number of rotatable bonds is 1. The van der Waals surface area contributed by atoms with Crippen molar-refractivity contribution < 1.29 is 0 Å². The molecule has 0 amide bonds. The molecule has 2 heteroatoms. The standard InChI is InChI=1S/C20H12Br2/c21-14-10-11-15-13(12-14)4-1-5-16(15)17-6-2-8-19-18(17)7-3-9-20(19)22/h1-12H. The Morgan fingerprint density at radius 2 is 1.23 bits per heavy atom. The average molecular weight is 412 g/mol. The lowest BCUT2D eigenvalue weighted by molar-refractivity contribution is 1.66. The molecule has 0 spiro atoms. The Hall–Kier alpha value is -1.64. The molecule has 22 heavy (non-hydrogen) atoms. The first kappa shape index (κ1) is 14.0. The molecular formula is C20H12Br2. The Kier molecular flexibility index (Phi) is 3.51. The summed E-state index contributed by atoms with van der Waals surface area (Å²) < 4.78 is 2.24. The quantitative estimate of drug-likeness (QED) is 0.311. The Morgan fingerprint density at radius 3 is 2.09 bits per heavy atom. The number of benzene rings is 4. The largest absolute Gasteiger partial charge is 0.0610 e. The number of halogens is 2. The third kappa shape index (κ3) is 2.27. The van der Waals surface area contributed by atoms with Crippen LogP contribution in [0, 0.1) is 0 Å². The van der Waals surface area contributed by atoms with Gasteiger partial charge >= 0.3 is 0 Å². The Morgan fingerprint density at radius 1 is 0.545 bits per heavy atom. The van der Waals surface area contributed by atoms with Crippen LogP contribution < -0.4 is 0 Å². The van der Waals surface area contributed by atoms with Crippen molar-refractivity contribution in [1.29, 1.82) is 0 Å². The minimum absolute atomic E-state index is 1.11. The average Bonchev–Trinajstić information content (AvgIpc) is 2.54. The van der Waals surface area contributed by atoms with E-state index in [1.54, 1.807) is 0 Å². The first-order valence-corrected chi connectivity index (χ1v) is 8.68. The lowest BCUT2D eigenvalue weighted by Gasteiger charge is -2.11. The maximum atomic E-state index is 3.66. The second-order valence-electron chi connectivity index (χ2n) is 5.31. The third-order valence-electron chi connectivity index (χ3n) is 4.00. The summed E-state index contributed by atoms with van der Waals surface area (Å²) in [6.07, 6.45) is 0. The van der Waals surface area contributed by atoms with E-state index in [0.717, 1.165) is 8.95 Å². The number of hydrogen-bond acceptors (Lipinski definition) is 0. The van der Waals surface area contributed by atoms with Crippen molar-refractivity contribution in [1.82, 2.24) is 0 Å². The molecule has 4 aromatic carbocycles. The maximum absolute atomic E-state index is 3.66. The lowest BCUT2D eigenvalue weighted by Crippen LogP contribution is -1.84. The van der Waals surface area contributed by atoms with Crippen molar-refractivity contribution >= 4 is 53.4 Å². The van der Waals surface area contributed by atoms with E-state index in [1.807, 2.05) is 0 Å². The van der Waals surface area contributed by atoms with Crippen LogP contribution in [0.25, 0.3) is 32.7 Å². The van der Waals surface area contributed by atoms with Crippen molar-refractivity contribution in [3.8, 4) is 11.1 Å². The lowest BCUT2D eigenvalue weighted by atomic mass is 9.94. The Labute approximate surface area is 146 Å². The summed E-state index contributed by atoms with van der Waals surface area (Å²) in [7, 11) is 0. The Bertz CT molecular complexity index is 1000. The van der Waals surface area contributed by atoms with Crippen LogP contribution in [0.3, 0.4) is 0 Å². The van der Waals surface area contributed by atoms with E-state index >= 15 is 0 Å². The van der Waals surface area contributed by atoms with Gasteiger partial charge < -0.3 is 0 Å². The molecule has 0 unspecified atom stereocenters. The summed E-state index contributed by atoms with van der Waals surface area (Å²) in [6, 6.07) is 25.8. The SMILES string of the molecule is Brc1ccc2c(-c3cccc4c(Br)cccc34)cccc2c1. The molecule has 0 aromatic heterocycles. The van der Waals surface area contributed by atoms with Crippen molar-refractivity contribution in [3.63, 3.8) is 0 Å². The van der Waals surface area contributed by atoms with E-state index in [0.29, 0.717) is 0 Å². The normalized spacial score (nSPS) is 11.2. The zero-order valence-corrected chi connectivity index (χ0v) is 14.9. The predicted octanol–water partition coefficient (Wildman–Crippen LogP) is 7.19. The first-order chi connectivity index (χ1) is 10.7. The van der Waals surface area contributed by atoms with Gasteiger partial charge in [0.1, 0.15) is 0 Å². The molecule has 0 saturated carbocycles. The zero-order valence-electron chi connectivity index (χ0n) is 11.7. The van der Waals surface area contributed by atoms with Crippen LogP contribution >= 0.6 is 31.9 Å². The Balaban J connectivity index is 2.10. The fourth-order valence-corrected chi connectivity index (χ4v) is 3.87. The molecule has 0 bridgehead atoms. The molecule has 0 radical (unpaired) electrons. The van der Waals surface area contributed by atoms with E-state index in [1.165, 1.54) is 32.7 Å². The van der Waals surface area contributed by atoms with Crippen LogP contribution in [0.15, 0.2) is 81.7 Å². The van der Waals surface area contributed by atoms with Gasteiger partial charge in [-0.1, -0.05) is 86.5 Å². The first-order valence-electron chi connectivity index (χ1n) is 7.10. The molecular weight excluding hydrogens is 400 g/mol. The second kappa shape index (κ2) is 5.53. The molecule has 4 rings (SSSR count). The van der Waals surface area contributed by atoms with Gasteiger partial charge in [0.2, 0.25) is 0 Å². The van der Waals surface area contributed by atoms with Gasteiger partial charge in [-0.2, -0.15) is 0 Å². The molecule has 0 saturated heterocycles. The summed E-state index contributed by atoms with van der Waals surface area (Å²) in [6.45, 7) is 0. The van der Waals surface area contributed by atoms with Crippen molar-refractivity contribution in [2.75, 3.05) is 0 Å². The molecule has 0 aliphatic carbocycles. The van der Waals surface area contributed by atoms with Crippen LogP contribution in [0.5, 0.6) is 0 Å². The van der Waals surface area contributed by atoms with Gasteiger partial charge in [0, 0.05) is 8.95 Å². The third-order valence-corrected chi connectivity index (χ3v) is 5.19. The van der Waals surface area contributed by atoms with Crippen LogP contribution in [0.2, 0.25) is 0 Å². The van der Waals surface area contributed by atoms with E-state index in [4.69, 9.17) is 0 Å².